The molecule has 0 saturated carbocycles. The molecule has 2 aromatic carbocycles. The van der Waals surface area contributed by atoms with Crippen LogP contribution in [0.2, 0.25) is 0 Å². The molecule has 20 heavy (non-hydrogen) atoms. The van der Waals surface area contributed by atoms with E-state index in [1.807, 2.05) is 19.1 Å². The Bertz CT molecular complexity index is 487. The number of rotatable bonds is 2. The number of aliphatic hydroxyl groups is 2. The first-order valence-corrected chi connectivity index (χ1v) is 6.73. The van der Waals surface area contributed by atoms with Gasteiger partial charge in [0, 0.05) is 12.5 Å². The summed E-state index contributed by atoms with van der Waals surface area (Å²) in [7, 11) is 0. The lowest BCUT2D eigenvalue weighted by molar-refractivity contribution is 0.282. The van der Waals surface area contributed by atoms with Gasteiger partial charge in [0.1, 0.15) is 0 Å². The minimum absolute atomic E-state index is 0. The number of fused-ring (bicyclic) bond motifs is 3. The summed E-state index contributed by atoms with van der Waals surface area (Å²) in [4.78, 5) is 0. The smallest absolute Gasteiger partial charge is 0.0540 e. The molecule has 0 radical (unpaired) electrons. The lowest BCUT2D eigenvalue weighted by Crippen LogP contribution is -2.01. The third kappa shape index (κ3) is 3.09. The third-order valence-electron chi connectivity index (χ3n) is 3.37. The van der Waals surface area contributed by atoms with Gasteiger partial charge in [-0.1, -0.05) is 62.9 Å². The van der Waals surface area contributed by atoms with Gasteiger partial charge in [-0.2, -0.15) is 0 Å². The Morgan fingerprint density at radius 2 is 1.25 bits per heavy atom. The Labute approximate surface area is 121 Å². The molecule has 0 atom stereocenters. The SMILES string of the molecule is C.CCCO.OCC1c2ccccc2-c2ccccc21. The topological polar surface area (TPSA) is 40.5 Å². The summed E-state index contributed by atoms with van der Waals surface area (Å²) < 4.78 is 0. The van der Waals surface area contributed by atoms with Crippen molar-refractivity contribution in [3.05, 3.63) is 59.7 Å². The fraction of sp³-hybridized carbons (Fsp3) is 0.333. The Morgan fingerprint density at radius 1 is 0.850 bits per heavy atom. The van der Waals surface area contributed by atoms with Crippen LogP contribution in [0.15, 0.2) is 48.5 Å². The molecule has 0 bridgehead atoms. The van der Waals surface area contributed by atoms with E-state index in [1.54, 1.807) is 0 Å². The van der Waals surface area contributed by atoms with E-state index in [9.17, 15) is 5.11 Å². The minimum atomic E-state index is 0. The highest BCUT2D eigenvalue weighted by Crippen LogP contribution is 2.43. The molecule has 3 rings (SSSR count). The molecule has 0 aliphatic heterocycles. The Hall–Kier alpha value is -1.64. The van der Waals surface area contributed by atoms with Crippen LogP contribution in [0, 0.1) is 0 Å². The summed E-state index contributed by atoms with van der Waals surface area (Å²) in [6, 6.07) is 16.6. The third-order valence-corrected chi connectivity index (χ3v) is 3.37. The molecule has 108 valence electrons. The molecule has 1 aliphatic carbocycles. The van der Waals surface area contributed by atoms with Crippen molar-refractivity contribution < 1.29 is 10.2 Å². The monoisotopic (exact) mass is 272 g/mol. The Morgan fingerprint density at radius 3 is 1.60 bits per heavy atom. The van der Waals surface area contributed by atoms with E-state index < -0.39 is 0 Å². The molecule has 2 N–H and O–H groups in total. The van der Waals surface area contributed by atoms with E-state index >= 15 is 0 Å². The lowest BCUT2D eigenvalue weighted by Gasteiger charge is -2.08. The van der Waals surface area contributed by atoms with Crippen molar-refractivity contribution >= 4 is 0 Å². The average Bonchev–Trinajstić information content (AvgIpc) is 2.81. The first-order chi connectivity index (χ1) is 9.33. The van der Waals surface area contributed by atoms with Gasteiger partial charge in [-0.05, 0) is 28.7 Å². The molecular weight excluding hydrogens is 248 g/mol. The largest absolute Gasteiger partial charge is 0.396 e. The Kier molecular flexibility index (Phi) is 6.43. The van der Waals surface area contributed by atoms with E-state index in [1.165, 1.54) is 22.3 Å². The highest BCUT2D eigenvalue weighted by Gasteiger charge is 2.26. The molecule has 0 fully saturated rings. The molecule has 0 spiro atoms. The van der Waals surface area contributed by atoms with Crippen LogP contribution in [-0.2, 0) is 0 Å². The van der Waals surface area contributed by atoms with E-state index in [4.69, 9.17) is 5.11 Å². The molecule has 0 saturated heterocycles. The highest BCUT2D eigenvalue weighted by molar-refractivity contribution is 5.78. The van der Waals surface area contributed by atoms with Gasteiger partial charge in [0.15, 0.2) is 0 Å². The van der Waals surface area contributed by atoms with Crippen molar-refractivity contribution in [3.8, 4) is 11.1 Å². The second-order valence-electron chi connectivity index (χ2n) is 4.63. The van der Waals surface area contributed by atoms with Crippen LogP contribution in [0.25, 0.3) is 11.1 Å². The fourth-order valence-electron chi connectivity index (χ4n) is 2.46. The van der Waals surface area contributed by atoms with Gasteiger partial charge >= 0.3 is 0 Å². The summed E-state index contributed by atoms with van der Waals surface area (Å²) in [6.45, 7) is 2.44. The van der Waals surface area contributed by atoms with Crippen molar-refractivity contribution in [2.24, 2.45) is 0 Å². The quantitative estimate of drug-likeness (QED) is 0.872. The van der Waals surface area contributed by atoms with Crippen LogP contribution in [0.5, 0.6) is 0 Å². The standard InChI is InChI=1S/C14H12O.C3H8O.CH4/c15-9-14-12-7-3-1-5-10(12)11-6-2-4-8-13(11)14;1-2-3-4;/h1-8,14-15H,9H2;4H,2-3H2,1H3;1H4. The number of hydrogen-bond donors (Lipinski definition) is 2. The predicted octanol–water partition coefficient (Wildman–Crippen LogP) is 3.82. The van der Waals surface area contributed by atoms with E-state index in [2.05, 4.69) is 36.4 Å². The van der Waals surface area contributed by atoms with Crippen LogP contribution in [-0.4, -0.2) is 23.4 Å². The first-order valence-electron chi connectivity index (χ1n) is 6.73. The van der Waals surface area contributed by atoms with Gasteiger partial charge in [-0.15, -0.1) is 0 Å². The summed E-state index contributed by atoms with van der Waals surface area (Å²) in [5.41, 5.74) is 5.04. The molecular formula is C18H24O2. The van der Waals surface area contributed by atoms with Crippen molar-refractivity contribution in [1.29, 1.82) is 0 Å². The van der Waals surface area contributed by atoms with Crippen LogP contribution < -0.4 is 0 Å². The minimum Gasteiger partial charge on any atom is -0.396 e. The molecule has 0 aromatic heterocycles. The van der Waals surface area contributed by atoms with E-state index in [-0.39, 0.29) is 20.0 Å². The van der Waals surface area contributed by atoms with Gasteiger partial charge in [-0.3, -0.25) is 0 Å². The van der Waals surface area contributed by atoms with Gasteiger partial charge in [0.25, 0.3) is 0 Å². The molecule has 2 aromatic rings. The average molecular weight is 272 g/mol. The normalized spacial score (nSPS) is 11.8. The molecule has 0 heterocycles. The first kappa shape index (κ1) is 16.4. The fourth-order valence-corrected chi connectivity index (χ4v) is 2.46. The van der Waals surface area contributed by atoms with Crippen molar-refractivity contribution in [1.82, 2.24) is 0 Å². The molecule has 0 unspecified atom stereocenters. The van der Waals surface area contributed by atoms with Crippen LogP contribution in [0.1, 0.15) is 37.8 Å². The van der Waals surface area contributed by atoms with Crippen LogP contribution >= 0.6 is 0 Å². The summed E-state index contributed by atoms with van der Waals surface area (Å²) in [6.07, 6.45) is 0.875. The zero-order valence-corrected chi connectivity index (χ0v) is 11.2. The maximum Gasteiger partial charge on any atom is 0.0540 e. The Balaban J connectivity index is 0.000000359. The summed E-state index contributed by atoms with van der Waals surface area (Å²) in [5, 5.41) is 17.3. The number of benzene rings is 2. The number of aliphatic hydroxyl groups excluding tert-OH is 2. The lowest BCUT2D eigenvalue weighted by atomic mass is 9.98. The van der Waals surface area contributed by atoms with Gasteiger partial charge in [0.2, 0.25) is 0 Å². The van der Waals surface area contributed by atoms with Crippen LogP contribution in [0.4, 0.5) is 0 Å². The second kappa shape index (κ2) is 7.83. The van der Waals surface area contributed by atoms with E-state index in [0.29, 0.717) is 6.61 Å². The maximum absolute atomic E-state index is 9.46. The maximum atomic E-state index is 9.46. The zero-order chi connectivity index (χ0) is 13.7. The highest BCUT2D eigenvalue weighted by atomic mass is 16.3. The number of hydrogen-bond acceptors (Lipinski definition) is 2. The van der Waals surface area contributed by atoms with Gasteiger partial charge < -0.3 is 10.2 Å². The molecule has 1 aliphatic rings. The van der Waals surface area contributed by atoms with Crippen molar-refractivity contribution in [2.75, 3.05) is 13.2 Å². The zero-order valence-electron chi connectivity index (χ0n) is 11.2. The molecule has 2 nitrogen and oxygen atoms in total. The van der Waals surface area contributed by atoms with Gasteiger partial charge in [-0.25, -0.2) is 0 Å². The van der Waals surface area contributed by atoms with Crippen molar-refractivity contribution in [3.63, 3.8) is 0 Å². The second-order valence-corrected chi connectivity index (χ2v) is 4.63. The molecule has 0 amide bonds. The molecule has 2 heteroatoms. The van der Waals surface area contributed by atoms with Crippen LogP contribution in [0.3, 0.4) is 0 Å². The van der Waals surface area contributed by atoms with E-state index in [0.717, 1.165) is 6.42 Å². The van der Waals surface area contributed by atoms with Crippen molar-refractivity contribution in [2.45, 2.75) is 26.7 Å². The summed E-state index contributed by atoms with van der Waals surface area (Å²) >= 11 is 0. The predicted molar refractivity (Wildman–Crippen MR) is 84.9 cm³/mol. The van der Waals surface area contributed by atoms with Gasteiger partial charge in [0.05, 0.1) is 6.61 Å². The summed E-state index contributed by atoms with van der Waals surface area (Å²) in [5.74, 6) is 0.164.